The molecule has 0 aromatic rings. The van der Waals surface area contributed by atoms with E-state index in [1.54, 1.807) is 0 Å². The lowest BCUT2D eigenvalue weighted by molar-refractivity contribution is 0.00935. The monoisotopic (exact) mass is 245 g/mol. The van der Waals surface area contributed by atoms with E-state index in [0.29, 0.717) is 11.5 Å². The second-order valence-electron chi connectivity index (χ2n) is 5.24. The molecule has 3 heteroatoms. The Morgan fingerprint density at radius 3 is 2.56 bits per heavy atom. The van der Waals surface area contributed by atoms with Gasteiger partial charge in [-0.25, -0.2) is 0 Å². The molecule has 1 N–H and O–H groups in total. The first-order chi connectivity index (χ1) is 7.68. The molecule has 1 saturated heterocycles. The molecule has 1 aliphatic heterocycles. The van der Waals surface area contributed by atoms with Gasteiger partial charge in [0.25, 0.3) is 0 Å². The molecule has 2 nitrogen and oxygen atoms in total. The molecule has 0 saturated carbocycles. The van der Waals surface area contributed by atoms with Crippen molar-refractivity contribution in [3.63, 3.8) is 0 Å². The summed E-state index contributed by atoms with van der Waals surface area (Å²) in [6, 6.07) is 0.597. The molecule has 0 aromatic carbocycles. The summed E-state index contributed by atoms with van der Waals surface area (Å²) in [6.07, 6.45) is 7.38. The van der Waals surface area contributed by atoms with Crippen molar-refractivity contribution in [3.05, 3.63) is 0 Å². The number of thioether (sulfide) groups is 1. The highest BCUT2D eigenvalue weighted by molar-refractivity contribution is 7.98. The van der Waals surface area contributed by atoms with Gasteiger partial charge in [0, 0.05) is 25.8 Å². The molecule has 0 radical (unpaired) electrons. The van der Waals surface area contributed by atoms with Crippen LogP contribution in [-0.4, -0.2) is 37.8 Å². The van der Waals surface area contributed by atoms with Crippen LogP contribution in [0.5, 0.6) is 0 Å². The van der Waals surface area contributed by atoms with Gasteiger partial charge in [0.1, 0.15) is 0 Å². The van der Waals surface area contributed by atoms with Gasteiger partial charge in [0.2, 0.25) is 0 Å². The van der Waals surface area contributed by atoms with Crippen LogP contribution in [0.25, 0.3) is 0 Å². The topological polar surface area (TPSA) is 21.3 Å². The summed E-state index contributed by atoms with van der Waals surface area (Å²) in [5, 5.41) is 3.62. The van der Waals surface area contributed by atoms with E-state index in [0.717, 1.165) is 13.2 Å². The second-order valence-corrected chi connectivity index (χ2v) is 6.23. The summed E-state index contributed by atoms with van der Waals surface area (Å²) in [7, 11) is 0. The molecule has 0 bridgehead atoms. The van der Waals surface area contributed by atoms with E-state index in [1.165, 1.54) is 38.0 Å². The lowest BCUT2D eigenvalue weighted by Gasteiger charge is -2.38. The number of ether oxygens (including phenoxy) is 1. The van der Waals surface area contributed by atoms with Crippen molar-refractivity contribution >= 4 is 11.8 Å². The standard InChI is InChI=1S/C13H27NOS/c1-12(2)14-11-13(5-4-10-16-3)6-8-15-9-7-13/h12,14H,4-11H2,1-3H3. The highest BCUT2D eigenvalue weighted by Crippen LogP contribution is 2.35. The summed E-state index contributed by atoms with van der Waals surface area (Å²) in [4.78, 5) is 0. The first-order valence-electron chi connectivity index (χ1n) is 6.49. The Balaban J connectivity index is 2.39. The summed E-state index contributed by atoms with van der Waals surface area (Å²) >= 11 is 1.96. The van der Waals surface area contributed by atoms with Crippen molar-refractivity contribution in [2.75, 3.05) is 31.8 Å². The summed E-state index contributed by atoms with van der Waals surface area (Å²) in [5.74, 6) is 1.30. The van der Waals surface area contributed by atoms with Gasteiger partial charge in [-0.3, -0.25) is 0 Å². The van der Waals surface area contributed by atoms with Crippen LogP contribution in [0, 0.1) is 5.41 Å². The van der Waals surface area contributed by atoms with Crippen LogP contribution in [0.3, 0.4) is 0 Å². The highest BCUT2D eigenvalue weighted by atomic mass is 32.2. The fraction of sp³-hybridized carbons (Fsp3) is 1.00. The Morgan fingerprint density at radius 1 is 1.31 bits per heavy atom. The van der Waals surface area contributed by atoms with Gasteiger partial charge < -0.3 is 10.1 Å². The second kappa shape index (κ2) is 7.57. The molecule has 16 heavy (non-hydrogen) atoms. The van der Waals surface area contributed by atoms with Gasteiger partial charge in [-0.05, 0) is 43.1 Å². The fourth-order valence-corrected chi connectivity index (χ4v) is 2.76. The highest BCUT2D eigenvalue weighted by Gasteiger charge is 2.31. The lowest BCUT2D eigenvalue weighted by Crippen LogP contribution is -2.41. The third kappa shape index (κ3) is 5.07. The zero-order valence-corrected chi connectivity index (χ0v) is 11.9. The molecular weight excluding hydrogens is 218 g/mol. The average molecular weight is 245 g/mol. The maximum atomic E-state index is 5.50. The van der Waals surface area contributed by atoms with E-state index in [9.17, 15) is 0 Å². The molecule has 0 aliphatic carbocycles. The van der Waals surface area contributed by atoms with E-state index in [-0.39, 0.29) is 0 Å². The first-order valence-corrected chi connectivity index (χ1v) is 7.88. The molecule has 1 rings (SSSR count). The maximum absolute atomic E-state index is 5.50. The van der Waals surface area contributed by atoms with Crippen LogP contribution in [0.4, 0.5) is 0 Å². The van der Waals surface area contributed by atoms with Crippen LogP contribution in [0.1, 0.15) is 39.5 Å². The zero-order valence-electron chi connectivity index (χ0n) is 11.1. The molecule has 96 valence electrons. The van der Waals surface area contributed by atoms with Crippen molar-refractivity contribution in [1.82, 2.24) is 5.32 Å². The van der Waals surface area contributed by atoms with Crippen LogP contribution in [0.15, 0.2) is 0 Å². The maximum Gasteiger partial charge on any atom is 0.0471 e. The van der Waals surface area contributed by atoms with Gasteiger partial charge in [0.15, 0.2) is 0 Å². The van der Waals surface area contributed by atoms with E-state index in [2.05, 4.69) is 25.4 Å². The summed E-state index contributed by atoms with van der Waals surface area (Å²) in [5.41, 5.74) is 0.512. The lowest BCUT2D eigenvalue weighted by atomic mass is 9.76. The first kappa shape index (κ1) is 14.3. The minimum atomic E-state index is 0.512. The molecule has 0 unspecified atom stereocenters. The molecular formula is C13H27NOS. The average Bonchev–Trinajstić information content (AvgIpc) is 2.28. The SMILES string of the molecule is CSCCCC1(CNC(C)C)CCOCC1. The van der Waals surface area contributed by atoms with E-state index < -0.39 is 0 Å². The normalized spacial score (nSPS) is 20.2. The number of rotatable bonds is 7. The van der Waals surface area contributed by atoms with Crippen molar-refractivity contribution in [2.24, 2.45) is 5.41 Å². The van der Waals surface area contributed by atoms with E-state index >= 15 is 0 Å². The Hall–Kier alpha value is 0.270. The molecule has 1 fully saturated rings. The molecule has 0 spiro atoms. The van der Waals surface area contributed by atoms with Gasteiger partial charge in [0.05, 0.1) is 0 Å². The Kier molecular flexibility index (Phi) is 6.78. The largest absolute Gasteiger partial charge is 0.381 e. The summed E-state index contributed by atoms with van der Waals surface area (Å²) < 4.78 is 5.50. The van der Waals surface area contributed by atoms with Gasteiger partial charge in [-0.15, -0.1) is 0 Å². The molecule has 1 aliphatic rings. The third-order valence-corrected chi connectivity index (χ3v) is 4.19. The molecule has 0 amide bonds. The predicted molar refractivity (Wildman–Crippen MR) is 73.2 cm³/mol. The third-order valence-electron chi connectivity index (χ3n) is 3.49. The Morgan fingerprint density at radius 2 is 2.00 bits per heavy atom. The van der Waals surface area contributed by atoms with Crippen LogP contribution in [0.2, 0.25) is 0 Å². The van der Waals surface area contributed by atoms with Gasteiger partial charge >= 0.3 is 0 Å². The Labute approximate surface area is 105 Å². The number of nitrogens with one attached hydrogen (secondary N) is 1. The van der Waals surface area contributed by atoms with Gasteiger partial charge in [-0.1, -0.05) is 13.8 Å². The minimum absolute atomic E-state index is 0.512. The van der Waals surface area contributed by atoms with Crippen LogP contribution >= 0.6 is 11.8 Å². The number of hydrogen-bond donors (Lipinski definition) is 1. The van der Waals surface area contributed by atoms with Crippen LogP contribution in [-0.2, 0) is 4.74 Å². The van der Waals surface area contributed by atoms with Gasteiger partial charge in [-0.2, -0.15) is 11.8 Å². The quantitative estimate of drug-likeness (QED) is 0.697. The van der Waals surface area contributed by atoms with E-state index in [4.69, 9.17) is 4.74 Å². The smallest absolute Gasteiger partial charge is 0.0471 e. The van der Waals surface area contributed by atoms with Crippen molar-refractivity contribution < 1.29 is 4.74 Å². The Bertz CT molecular complexity index is 179. The van der Waals surface area contributed by atoms with Crippen molar-refractivity contribution in [2.45, 2.75) is 45.6 Å². The molecule has 0 atom stereocenters. The molecule has 0 aromatic heterocycles. The zero-order chi connectivity index (χ0) is 11.9. The van der Waals surface area contributed by atoms with E-state index in [1.807, 2.05) is 11.8 Å². The van der Waals surface area contributed by atoms with Crippen molar-refractivity contribution in [1.29, 1.82) is 0 Å². The molecule has 1 heterocycles. The van der Waals surface area contributed by atoms with Crippen LogP contribution < -0.4 is 5.32 Å². The fourth-order valence-electron chi connectivity index (χ4n) is 2.33. The number of hydrogen-bond acceptors (Lipinski definition) is 3. The predicted octanol–water partition coefficient (Wildman–Crippen LogP) is 2.92. The summed E-state index contributed by atoms with van der Waals surface area (Å²) in [6.45, 7) is 7.55. The van der Waals surface area contributed by atoms with Crippen molar-refractivity contribution in [3.8, 4) is 0 Å². The minimum Gasteiger partial charge on any atom is -0.381 e.